The van der Waals surface area contributed by atoms with Crippen LogP contribution < -0.4 is 34.1 Å². The van der Waals surface area contributed by atoms with Gasteiger partial charge in [0.2, 0.25) is 0 Å². The van der Waals surface area contributed by atoms with Gasteiger partial charge in [0.05, 0.1) is 48.8 Å². The summed E-state index contributed by atoms with van der Waals surface area (Å²) in [6.45, 7) is 7.21. The molecule has 0 spiro atoms. The van der Waals surface area contributed by atoms with E-state index in [1.165, 1.54) is 5.56 Å². The summed E-state index contributed by atoms with van der Waals surface area (Å²) in [6.07, 6.45) is 5.27. The molecule has 0 aromatic heterocycles. The fourth-order valence-electron chi connectivity index (χ4n) is 7.39. The molecule has 10 heteroatoms. The van der Waals surface area contributed by atoms with E-state index in [0.717, 1.165) is 35.4 Å². The molecule has 1 N–H and O–H groups in total. The third kappa shape index (κ3) is 5.76. The summed E-state index contributed by atoms with van der Waals surface area (Å²) in [7, 11) is 3.12. The van der Waals surface area contributed by atoms with Gasteiger partial charge in [-0.05, 0) is 59.9 Å². The molecule has 8 rings (SSSR count). The lowest BCUT2D eigenvalue weighted by Crippen LogP contribution is -2.39. The Morgan fingerprint density at radius 1 is 0.824 bits per heavy atom. The van der Waals surface area contributed by atoms with Crippen LogP contribution in [0.1, 0.15) is 38.8 Å². The summed E-state index contributed by atoms with van der Waals surface area (Å²) in [5.41, 5.74) is 8.05. The van der Waals surface area contributed by atoms with Crippen molar-refractivity contribution in [2.75, 3.05) is 49.1 Å². The number of hydrogen-bond acceptors (Lipinski definition) is 8. The normalized spacial score (nSPS) is 18.3. The van der Waals surface area contributed by atoms with Crippen LogP contribution in [-0.4, -0.2) is 64.1 Å². The average molecular weight is 683 g/mol. The molecular weight excluding hydrogens is 644 g/mol. The average Bonchev–Trinajstić information content (AvgIpc) is 3.63. The molecule has 258 valence electrons. The smallest absolute Gasteiger partial charge is 0.261 e. The highest BCUT2D eigenvalue weighted by Crippen LogP contribution is 2.42. The second-order valence-electron chi connectivity index (χ2n) is 13.2. The highest BCUT2D eigenvalue weighted by atomic mass is 16.5. The maximum atomic E-state index is 13.8. The summed E-state index contributed by atoms with van der Waals surface area (Å²) < 4.78 is 23.7. The third-order valence-electron chi connectivity index (χ3n) is 9.80. The number of hydrogen-bond donors (Lipinski definition) is 1. The second-order valence-corrected chi connectivity index (χ2v) is 13.2. The fourth-order valence-corrected chi connectivity index (χ4v) is 7.39. The molecule has 0 bridgehead atoms. The van der Waals surface area contributed by atoms with Gasteiger partial charge in [-0.15, -0.1) is 0 Å². The van der Waals surface area contributed by atoms with Crippen molar-refractivity contribution in [3.05, 3.63) is 119 Å². The minimum Gasteiger partial charge on any atom is -0.493 e. The Labute approximate surface area is 296 Å². The molecule has 1 unspecified atom stereocenters. The van der Waals surface area contributed by atoms with Gasteiger partial charge in [-0.25, -0.2) is 0 Å². The van der Waals surface area contributed by atoms with Gasteiger partial charge in [0.25, 0.3) is 11.8 Å². The Morgan fingerprint density at radius 3 is 2.20 bits per heavy atom. The molecule has 0 saturated heterocycles. The van der Waals surface area contributed by atoms with Crippen LogP contribution >= 0.6 is 0 Å². The number of carbonyl (C=O) groups excluding carboxylic acids is 2. The van der Waals surface area contributed by atoms with Crippen LogP contribution in [0.25, 0.3) is 0 Å². The van der Waals surface area contributed by atoms with Crippen LogP contribution in [0.3, 0.4) is 0 Å². The molecule has 0 fully saturated rings. The number of nitrogens with one attached hydrogen (secondary N) is 1. The zero-order valence-corrected chi connectivity index (χ0v) is 28.8. The molecule has 0 radical (unpaired) electrons. The Morgan fingerprint density at radius 2 is 1.45 bits per heavy atom. The summed E-state index contributed by atoms with van der Waals surface area (Å²) in [6, 6.07) is 22.9. The number of ether oxygens (including phenoxy) is 4. The van der Waals surface area contributed by atoms with E-state index in [-0.39, 0.29) is 37.1 Å². The molecule has 2 amide bonds. The van der Waals surface area contributed by atoms with Gasteiger partial charge in [-0.1, -0.05) is 49.1 Å². The van der Waals surface area contributed by atoms with Crippen LogP contribution in [0.5, 0.6) is 23.0 Å². The summed E-state index contributed by atoms with van der Waals surface area (Å²) in [4.78, 5) is 35.9. The number of benzene rings is 4. The molecule has 4 aromatic carbocycles. The van der Waals surface area contributed by atoms with Crippen molar-refractivity contribution in [3.8, 4) is 23.0 Å². The highest BCUT2D eigenvalue weighted by Gasteiger charge is 2.38. The van der Waals surface area contributed by atoms with Crippen molar-refractivity contribution in [3.63, 3.8) is 0 Å². The van der Waals surface area contributed by atoms with Gasteiger partial charge < -0.3 is 29.2 Å². The number of fused-ring (bicyclic) bond motifs is 8. The van der Waals surface area contributed by atoms with Gasteiger partial charge in [0.1, 0.15) is 13.2 Å². The van der Waals surface area contributed by atoms with Gasteiger partial charge in [0, 0.05) is 42.7 Å². The van der Waals surface area contributed by atoms with Crippen molar-refractivity contribution in [1.82, 2.24) is 0 Å². The monoisotopic (exact) mass is 682 g/mol. The van der Waals surface area contributed by atoms with Crippen LogP contribution in [0.15, 0.2) is 102 Å². The van der Waals surface area contributed by atoms with E-state index in [1.807, 2.05) is 72.6 Å². The van der Waals surface area contributed by atoms with E-state index < -0.39 is 0 Å². The lowest BCUT2D eigenvalue weighted by atomic mass is 10.1. The number of nitrogens with zero attached hydrogens (tertiary/aromatic N) is 3. The number of methoxy groups -OCH3 is 2. The molecule has 4 aromatic rings. The number of rotatable bonds is 9. The first-order valence-corrected chi connectivity index (χ1v) is 17.0. The van der Waals surface area contributed by atoms with E-state index in [2.05, 4.69) is 18.0 Å². The lowest BCUT2D eigenvalue weighted by Gasteiger charge is -2.22. The largest absolute Gasteiger partial charge is 0.493 e. The molecule has 2 atom stereocenters. The van der Waals surface area contributed by atoms with Crippen LogP contribution in [-0.2, 0) is 12.8 Å². The standard InChI is InChI=1S/C41H38N4O6/c1-24(22-50-38-18-32-30(16-36(38)48-3)40(46)44-28(20-42-32)14-26-9-5-7-11-34(26)44)13-25(2)23-51-39-19-33-31(17-37(39)49-4)41(47)45-29(21-43-33)15-27-10-6-8-12-35(27)45/h5-13,16-20,28-29,43H,1,14-15,21-23H2,2-4H3/b25-13+/t28-,29?/m0/s1. The number of amides is 2. The van der Waals surface area contributed by atoms with E-state index in [1.54, 1.807) is 37.3 Å². The molecule has 4 heterocycles. The minimum absolute atomic E-state index is 0.0351. The van der Waals surface area contributed by atoms with Crippen molar-refractivity contribution < 1.29 is 28.5 Å². The maximum Gasteiger partial charge on any atom is 0.261 e. The topological polar surface area (TPSA) is 102 Å². The first-order valence-electron chi connectivity index (χ1n) is 17.0. The lowest BCUT2D eigenvalue weighted by molar-refractivity contribution is 0.0977. The van der Waals surface area contributed by atoms with E-state index in [9.17, 15) is 9.59 Å². The molecule has 51 heavy (non-hydrogen) atoms. The Bertz CT molecular complexity index is 2160. The highest BCUT2D eigenvalue weighted by molar-refractivity contribution is 6.15. The van der Waals surface area contributed by atoms with Crippen molar-refractivity contribution >= 4 is 40.8 Å². The van der Waals surface area contributed by atoms with E-state index in [0.29, 0.717) is 57.6 Å². The predicted molar refractivity (Wildman–Crippen MR) is 198 cm³/mol. The Kier molecular flexibility index (Phi) is 8.22. The number of anilines is 3. The fraction of sp³-hybridized carbons (Fsp3) is 0.244. The maximum absolute atomic E-state index is 13.8. The first-order chi connectivity index (χ1) is 24.8. The Balaban J connectivity index is 0.935. The number of aliphatic imine (C=N–C) groups is 1. The molecule has 0 aliphatic carbocycles. The Hall–Kier alpha value is -6.03. The predicted octanol–water partition coefficient (Wildman–Crippen LogP) is 6.95. The van der Waals surface area contributed by atoms with E-state index in [4.69, 9.17) is 23.9 Å². The van der Waals surface area contributed by atoms with Crippen LogP contribution in [0.2, 0.25) is 0 Å². The quantitative estimate of drug-likeness (QED) is 0.191. The van der Waals surface area contributed by atoms with Gasteiger partial charge in [0.15, 0.2) is 23.0 Å². The second kappa shape index (κ2) is 13.0. The molecule has 10 nitrogen and oxygen atoms in total. The van der Waals surface area contributed by atoms with Crippen LogP contribution in [0.4, 0.5) is 22.7 Å². The zero-order chi connectivity index (χ0) is 35.2. The third-order valence-corrected chi connectivity index (χ3v) is 9.80. The van der Waals surface area contributed by atoms with Crippen molar-refractivity contribution in [2.45, 2.75) is 31.8 Å². The molecule has 4 aliphatic rings. The summed E-state index contributed by atoms with van der Waals surface area (Å²) >= 11 is 0. The van der Waals surface area contributed by atoms with Crippen molar-refractivity contribution in [1.29, 1.82) is 0 Å². The van der Waals surface area contributed by atoms with Gasteiger partial charge in [-0.2, -0.15) is 0 Å². The minimum atomic E-state index is -0.145. The van der Waals surface area contributed by atoms with Gasteiger partial charge >= 0.3 is 0 Å². The summed E-state index contributed by atoms with van der Waals surface area (Å²) in [5, 5.41) is 3.47. The van der Waals surface area contributed by atoms with E-state index >= 15 is 0 Å². The molecule has 0 saturated carbocycles. The zero-order valence-electron chi connectivity index (χ0n) is 28.8. The van der Waals surface area contributed by atoms with Crippen molar-refractivity contribution in [2.24, 2.45) is 4.99 Å². The van der Waals surface area contributed by atoms with Gasteiger partial charge in [-0.3, -0.25) is 19.5 Å². The summed E-state index contributed by atoms with van der Waals surface area (Å²) in [5.74, 6) is 1.73. The first kappa shape index (κ1) is 32.2. The molecular formula is C41H38N4O6. The number of carbonyl (C=O) groups is 2. The van der Waals surface area contributed by atoms with Crippen LogP contribution in [0, 0.1) is 0 Å². The SMILES string of the molecule is C=C(/C=C(\C)COc1cc2c(cc1OC)C(=O)N1c3ccccc3CC1CN2)COc1cc2c(cc1OC)C(=O)N1c3ccccc3C[C@H]1C=N2. The molecule has 4 aliphatic heterocycles. The number of para-hydroxylation sites is 2.